The molecule has 0 saturated carbocycles. The molecule has 1 N–H and O–H groups in total. The third-order valence-corrected chi connectivity index (χ3v) is 3.39. The normalized spacial score (nSPS) is 10.5. The van der Waals surface area contributed by atoms with Crippen LogP contribution in [0.4, 0.5) is 11.4 Å². The molecule has 0 saturated heterocycles. The molecule has 0 fully saturated rings. The number of benzene rings is 2. The van der Waals surface area contributed by atoms with Gasteiger partial charge in [0.2, 0.25) is 0 Å². The molecule has 2 aromatic rings. The molecule has 0 unspecified atom stereocenters. The molecule has 7 heteroatoms. The van der Waals surface area contributed by atoms with Gasteiger partial charge in [-0.15, -0.1) is 0 Å². The molecule has 0 aliphatic carbocycles. The van der Waals surface area contributed by atoms with Crippen molar-refractivity contribution in [1.29, 1.82) is 0 Å². The molecule has 0 radical (unpaired) electrons. The first-order valence-electron chi connectivity index (χ1n) is 8.36. The van der Waals surface area contributed by atoms with Gasteiger partial charge in [0, 0.05) is 23.4 Å². The van der Waals surface area contributed by atoms with Gasteiger partial charge in [0.25, 0.3) is 11.6 Å². The second-order valence-electron chi connectivity index (χ2n) is 6.06. The van der Waals surface area contributed by atoms with E-state index in [9.17, 15) is 14.9 Å². The predicted molar refractivity (Wildman–Crippen MR) is 99.0 cm³/mol. The van der Waals surface area contributed by atoms with Crippen LogP contribution in [0.2, 0.25) is 0 Å². The van der Waals surface area contributed by atoms with Crippen LogP contribution in [0.15, 0.2) is 42.5 Å². The van der Waals surface area contributed by atoms with Crippen LogP contribution in [-0.2, 0) is 0 Å². The highest BCUT2D eigenvalue weighted by atomic mass is 16.6. The molecular formula is C19H22N2O5. The lowest BCUT2D eigenvalue weighted by molar-refractivity contribution is -0.384. The Morgan fingerprint density at radius 3 is 2.58 bits per heavy atom. The third kappa shape index (κ3) is 5.20. The number of hydrogen-bond acceptors (Lipinski definition) is 5. The second-order valence-corrected chi connectivity index (χ2v) is 6.06. The van der Waals surface area contributed by atoms with Gasteiger partial charge < -0.3 is 14.8 Å². The first-order chi connectivity index (χ1) is 12.4. The highest BCUT2D eigenvalue weighted by Gasteiger charge is 2.14. The van der Waals surface area contributed by atoms with Crippen molar-refractivity contribution in [1.82, 2.24) is 0 Å². The highest BCUT2D eigenvalue weighted by Crippen LogP contribution is 2.29. The fourth-order valence-electron chi connectivity index (χ4n) is 2.19. The van der Waals surface area contributed by atoms with Crippen LogP contribution in [0.3, 0.4) is 0 Å². The molecule has 0 heterocycles. The van der Waals surface area contributed by atoms with Gasteiger partial charge in [0.15, 0.2) is 11.5 Å². The Morgan fingerprint density at radius 2 is 1.92 bits per heavy atom. The van der Waals surface area contributed by atoms with E-state index in [0.717, 1.165) is 0 Å². The van der Waals surface area contributed by atoms with Crippen molar-refractivity contribution in [2.45, 2.75) is 20.8 Å². The number of nitro groups is 1. The number of ether oxygens (including phenoxy) is 2. The van der Waals surface area contributed by atoms with Crippen LogP contribution in [-0.4, -0.2) is 24.0 Å². The van der Waals surface area contributed by atoms with Crippen molar-refractivity contribution in [3.05, 3.63) is 58.1 Å². The summed E-state index contributed by atoms with van der Waals surface area (Å²) < 4.78 is 11.3. The second kappa shape index (κ2) is 8.84. The maximum Gasteiger partial charge on any atom is 0.271 e. The maximum atomic E-state index is 12.5. The van der Waals surface area contributed by atoms with Crippen LogP contribution < -0.4 is 14.8 Å². The lowest BCUT2D eigenvalue weighted by Crippen LogP contribution is -2.13. The monoisotopic (exact) mass is 358 g/mol. The van der Waals surface area contributed by atoms with E-state index in [-0.39, 0.29) is 11.6 Å². The molecule has 0 spiro atoms. The summed E-state index contributed by atoms with van der Waals surface area (Å²) in [5.74, 6) is 1.04. The average Bonchev–Trinajstić information content (AvgIpc) is 2.61. The third-order valence-electron chi connectivity index (χ3n) is 3.39. The molecule has 0 aliphatic rings. The Balaban J connectivity index is 2.19. The van der Waals surface area contributed by atoms with Gasteiger partial charge in [-0.3, -0.25) is 14.9 Å². The quantitative estimate of drug-likeness (QED) is 0.562. The van der Waals surface area contributed by atoms with E-state index in [1.165, 1.54) is 18.2 Å². The van der Waals surface area contributed by atoms with Gasteiger partial charge in [-0.05, 0) is 37.1 Å². The molecule has 0 aromatic heterocycles. The summed E-state index contributed by atoms with van der Waals surface area (Å²) in [6.45, 7) is 6.91. The minimum absolute atomic E-state index is 0.0877. The molecule has 2 aromatic carbocycles. The van der Waals surface area contributed by atoms with Gasteiger partial charge in [0.05, 0.1) is 18.1 Å². The van der Waals surface area contributed by atoms with Crippen LogP contribution in [0, 0.1) is 16.0 Å². The number of nitro benzene ring substituents is 1. The van der Waals surface area contributed by atoms with Crippen LogP contribution >= 0.6 is 0 Å². The Labute approximate surface area is 152 Å². The van der Waals surface area contributed by atoms with E-state index in [0.29, 0.717) is 41.9 Å². The average molecular weight is 358 g/mol. The van der Waals surface area contributed by atoms with Crippen molar-refractivity contribution in [2.24, 2.45) is 5.92 Å². The number of nitrogens with zero attached hydrogens (tertiary/aromatic N) is 1. The van der Waals surface area contributed by atoms with E-state index < -0.39 is 4.92 Å². The summed E-state index contributed by atoms with van der Waals surface area (Å²) in [6, 6.07) is 10.7. The largest absolute Gasteiger partial charge is 0.490 e. The van der Waals surface area contributed by atoms with E-state index in [4.69, 9.17) is 9.47 Å². The van der Waals surface area contributed by atoms with E-state index in [1.54, 1.807) is 24.3 Å². The molecule has 138 valence electrons. The number of rotatable bonds is 8. The topological polar surface area (TPSA) is 90.7 Å². The number of non-ortho nitro benzene ring substituents is 1. The van der Waals surface area contributed by atoms with Gasteiger partial charge in [-0.2, -0.15) is 0 Å². The molecule has 0 bridgehead atoms. The van der Waals surface area contributed by atoms with Crippen LogP contribution in [0.25, 0.3) is 0 Å². The minimum atomic E-state index is -0.510. The number of amides is 1. The van der Waals surface area contributed by atoms with Gasteiger partial charge in [-0.1, -0.05) is 19.9 Å². The number of anilines is 1. The molecule has 0 aliphatic heterocycles. The van der Waals surface area contributed by atoms with Crippen molar-refractivity contribution in [2.75, 3.05) is 18.5 Å². The zero-order valence-electron chi connectivity index (χ0n) is 15.0. The highest BCUT2D eigenvalue weighted by molar-refractivity contribution is 6.04. The van der Waals surface area contributed by atoms with E-state index in [2.05, 4.69) is 5.32 Å². The molecule has 2 rings (SSSR count). The van der Waals surface area contributed by atoms with Crippen molar-refractivity contribution in [3.8, 4) is 11.5 Å². The Kier molecular flexibility index (Phi) is 6.54. The molecule has 1 amide bonds. The van der Waals surface area contributed by atoms with Crippen molar-refractivity contribution < 1.29 is 19.2 Å². The predicted octanol–water partition coefficient (Wildman–Crippen LogP) is 4.28. The number of nitrogens with one attached hydrogen (secondary N) is 1. The standard InChI is InChI=1S/C19H22N2O5/c1-4-25-18-10-14(8-9-17(18)26-12-13(2)3)19(22)20-15-6-5-7-16(11-15)21(23)24/h5-11,13H,4,12H2,1-3H3,(H,20,22). The zero-order valence-corrected chi connectivity index (χ0v) is 15.0. The lowest BCUT2D eigenvalue weighted by Gasteiger charge is -2.14. The zero-order chi connectivity index (χ0) is 19.1. The summed E-state index contributed by atoms with van der Waals surface area (Å²) in [5, 5.41) is 13.5. The summed E-state index contributed by atoms with van der Waals surface area (Å²) in [6.07, 6.45) is 0. The maximum absolute atomic E-state index is 12.5. The van der Waals surface area contributed by atoms with Crippen molar-refractivity contribution in [3.63, 3.8) is 0 Å². The smallest absolute Gasteiger partial charge is 0.271 e. The van der Waals surface area contributed by atoms with E-state index in [1.807, 2.05) is 20.8 Å². The molecule has 7 nitrogen and oxygen atoms in total. The molecule has 26 heavy (non-hydrogen) atoms. The van der Waals surface area contributed by atoms with Gasteiger partial charge in [-0.25, -0.2) is 0 Å². The van der Waals surface area contributed by atoms with Crippen LogP contribution in [0.5, 0.6) is 11.5 Å². The summed E-state index contributed by atoms with van der Waals surface area (Å²) >= 11 is 0. The van der Waals surface area contributed by atoms with Gasteiger partial charge >= 0.3 is 0 Å². The van der Waals surface area contributed by atoms with Crippen molar-refractivity contribution >= 4 is 17.3 Å². The van der Waals surface area contributed by atoms with Crippen LogP contribution in [0.1, 0.15) is 31.1 Å². The number of carbonyl (C=O) groups is 1. The number of hydrogen-bond donors (Lipinski definition) is 1. The first-order valence-corrected chi connectivity index (χ1v) is 8.36. The first kappa shape index (κ1) is 19.2. The van der Waals surface area contributed by atoms with E-state index >= 15 is 0 Å². The minimum Gasteiger partial charge on any atom is -0.490 e. The Bertz CT molecular complexity index is 789. The number of carbonyl (C=O) groups excluding carboxylic acids is 1. The summed E-state index contributed by atoms with van der Waals surface area (Å²) in [7, 11) is 0. The molecular weight excluding hydrogens is 336 g/mol. The fourth-order valence-corrected chi connectivity index (χ4v) is 2.19. The Hall–Kier alpha value is -3.09. The lowest BCUT2D eigenvalue weighted by atomic mass is 10.1. The Morgan fingerprint density at radius 1 is 1.15 bits per heavy atom. The fraction of sp³-hybridized carbons (Fsp3) is 0.316. The molecule has 0 atom stereocenters. The van der Waals surface area contributed by atoms with Gasteiger partial charge in [0.1, 0.15) is 0 Å². The summed E-state index contributed by atoms with van der Waals surface area (Å²) in [4.78, 5) is 22.8. The SMILES string of the molecule is CCOc1cc(C(=O)Nc2cccc([N+](=O)[O-])c2)ccc1OCC(C)C. The summed E-state index contributed by atoms with van der Waals surface area (Å²) in [5.41, 5.74) is 0.634.